The summed E-state index contributed by atoms with van der Waals surface area (Å²) in [6.07, 6.45) is -0.0773. The maximum Gasteiger partial charge on any atom is 0.267 e. The molecule has 1 fully saturated rings. The Bertz CT molecular complexity index is 1570. The lowest BCUT2D eigenvalue weighted by Crippen LogP contribution is -2.42. The van der Waals surface area contributed by atoms with Crippen molar-refractivity contribution in [3.05, 3.63) is 77.1 Å². The standard InChI is InChI=1S/C27H25N5O6/c1-36-18-11-9-17(10-12-18)31-24(33)15-21(26(31)35)29-30-27-28-20-14-23(38-3)22(37-2)13-19(20)25(34)32(27)16-7-5-4-6-8-16/h4-14,21,29H,15H2,1-3H3,(H,28,30)/t21-/m0/s1. The van der Waals surface area contributed by atoms with Crippen LogP contribution in [0.1, 0.15) is 6.42 Å². The van der Waals surface area contributed by atoms with E-state index in [0.717, 1.165) is 4.90 Å². The van der Waals surface area contributed by atoms with Crippen molar-refractivity contribution in [2.24, 2.45) is 0 Å². The second-order valence-corrected chi connectivity index (χ2v) is 8.43. The van der Waals surface area contributed by atoms with Gasteiger partial charge in [0.2, 0.25) is 11.9 Å². The van der Waals surface area contributed by atoms with Crippen LogP contribution in [0.4, 0.5) is 11.6 Å². The van der Waals surface area contributed by atoms with Crippen LogP contribution in [0.15, 0.2) is 71.5 Å². The number of amides is 2. The topological polar surface area (TPSA) is 124 Å². The Balaban J connectivity index is 1.49. The average molecular weight is 516 g/mol. The average Bonchev–Trinajstić information content (AvgIpc) is 3.24. The van der Waals surface area contributed by atoms with Gasteiger partial charge in [-0.2, -0.15) is 0 Å². The molecule has 0 saturated carbocycles. The maximum atomic E-state index is 13.6. The number of aromatic nitrogens is 2. The second kappa shape index (κ2) is 10.2. The lowest BCUT2D eigenvalue weighted by atomic mass is 10.2. The van der Waals surface area contributed by atoms with Gasteiger partial charge >= 0.3 is 0 Å². The molecule has 0 bridgehead atoms. The Hall–Kier alpha value is -4.90. The molecule has 1 saturated heterocycles. The molecule has 38 heavy (non-hydrogen) atoms. The van der Waals surface area contributed by atoms with E-state index in [1.54, 1.807) is 60.7 Å². The quantitative estimate of drug-likeness (QED) is 0.269. The van der Waals surface area contributed by atoms with E-state index in [1.807, 2.05) is 6.07 Å². The minimum absolute atomic E-state index is 0.0773. The van der Waals surface area contributed by atoms with Crippen molar-refractivity contribution < 1.29 is 23.8 Å². The molecule has 0 aliphatic carbocycles. The highest BCUT2D eigenvalue weighted by atomic mass is 16.5. The number of carbonyl (C=O) groups excluding carboxylic acids is 2. The first kappa shape index (κ1) is 24.8. The van der Waals surface area contributed by atoms with Gasteiger partial charge in [-0.1, -0.05) is 18.2 Å². The molecule has 2 amide bonds. The smallest absolute Gasteiger partial charge is 0.267 e. The Morgan fingerprint density at radius 2 is 1.53 bits per heavy atom. The van der Waals surface area contributed by atoms with E-state index in [0.29, 0.717) is 39.5 Å². The Kier molecular flexibility index (Phi) is 6.67. The number of nitrogens with zero attached hydrogens (tertiary/aromatic N) is 3. The van der Waals surface area contributed by atoms with E-state index < -0.39 is 11.9 Å². The summed E-state index contributed by atoms with van der Waals surface area (Å²) >= 11 is 0. The minimum Gasteiger partial charge on any atom is -0.497 e. The van der Waals surface area contributed by atoms with Gasteiger partial charge in [0, 0.05) is 6.07 Å². The first-order valence-electron chi connectivity index (χ1n) is 11.7. The third kappa shape index (κ3) is 4.39. The summed E-state index contributed by atoms with van der Waals surface area (Å²) in [5.41, 5.74) is 6.79. The molecule has 194 valence electrons. The predicted octanol–water partition coefficient (Wildman–Crippen LogP) is 2.66. The lowest BCUT2D eigenvalue weighted by molar-refractivity contribution is -0.121. The highest BCUT2D eigenvalue weighted by Gasteiger charge is 2.39. The monoisotopic (exact) mass is 515 g/mol. The van der Waals surface area contributed by atoms with Crippen molar-refractivity contribution in [1.29, 1.82) is 0 Å². The number of carbonyl (C=O) groups is 2. The van der Waals surface area contributed by atoms with Gasteiger partial charge in [-0.3, -0.25) is 19.8 Å². The zero-order chi connectivity index (χ0) is 26.8. The fourth-order valence-corrected chi connectivity index (χ4v) is 4.31. The summed E-state index contributed by atoms with van der Waals surface area (Å²) in [4.78, 5) is 45.2. The van der Waals surface area contributed by atoms with Crippen LogP contribution in [0.25, 0.3) is 16.6 Å². The maximum absolute atomic E-state index is 13.6. The SMILES string of the molecule is COc1ccc(N2C(=O)C[C@H](NNc3nc4cc(OC)c(OC)cc4c(=O)n3-c3ccccc3)C2=O)cc1. The first-order chi connectivity index (χ1) is 18.4. The molecule has 0 spiro atoms. The lowest BCUT2D eigenvalue weighted by Gasteiger charge is -2.19. The van der Waals surface area contributed by atoms with Gasteiger partial charge in [0.1, 0.15) is 11.8 Å². The molecule has 1 aromatic heterocycles. The molecule has 1 aliphatic rings. The van der Waals surface area contributed by atoms with E-state index >= 15 is 0 Å². The number of rotatable bonds is 8. The molecule has 11 heteroatoms. The number of ether oxygens (including phenoxy) is 3. The zero-order valence-corrected chi connectivity index (χ0v) is 20.9. The minimum atomic E-state index is -0.883. The normalized spacial score (nSPS) is 15.1. The molecule has 0 radical (unpaired) electrons. The first-order valence-corrected chi connectivity index (χ1v) is 11.7. The van der Waals surface area contributed by atoms with Gasteiger partial charge in [-0.05, 0) is 42.5 Å². The van der Waals surface area contributed by atoms with Crippen LogP contribution in [-0.2, 0) is 9.59 Å². The zero-order valence-electron chi connectivity index (χ0n) is 20.9. The predicted molar refractivity (Wildman–Crippen MR) is 141 cm³/mol. The van der Waals surface area contributed by atoms with Gasteiger partial charge in [0.15, 0.2) is 11.5 Å². The molecule has 4 aromatic rings. The third-order valence-corrected chi connectivity index (χ3v) is 6.22. The molecule has 5 rings (SSSR count). The van der Waals surface area contributed by atoms with Crippen molar-refractivity contribution >= 4 is 34.4 Å². The molecule has 0 unspecified atom stereocenters. The third-order valence-electron chi connectivity index (χ3n) is 6.22. The van der Waals surface area contributed by atoms with Gasteiger partial charge in [-0.15, -0.1) is 0 Å². The van der Waals surface area contributed by atoms with Gasteiger partial charge in [0.25, 0.3) is 11.5 Å². The van der Waals surface area contributed by atoms with Crippen molar-refractivity contribution in [3.8, 4) is 22.9 Å². The van der Waals surface area contributed by atoms with Gasteiger partial charge < -0.3 is 14.2 Å². The molecular weight excluding hydrogens is 490 g/mol. The molecular formula is C27H25N5O6. The summed E-state index contributed by atoms with van der Waals surface area (Å²) < 4.78 is 17.3. The van der Waals surface area contributed by atoms with Crippen LogP contribution in [0.3, 0.4) is 0 Å². The van der Waals surface area contributed by atoms with Gasteiger partial charge in [0.05, 0.1) is 50.0 Å². The van der Waals surface area contributed by atoms with Crippen molar-refractivity contribution in [3.63, 3.8) is 0 Å². The van der Waals surface area contributed by atoms with E-state index in [9.17, 15) is 14.4 Å². The fourth-order valence-electron chi connectivity index (χ4n) is 4.31. The van der Waals surface area contributed by atoms with Crippen LogP contribution >= 0.6 is 0 Å². The van der Waals surface area contributed by atoms with Crippen LogP contribution in [0.2, 0.25) is 0 Å². The summed E-state index contributed by atoms with van der Waals surface area (Å²) in [5, 5.41) is 0.315. The van der Waals surface area contributed by atoms with E-state index in [1.165, 1.54) is 25.9 Å². The van der Waals surface area contributed by atoms with Crippen LogP contribution in [0, 0.1) is 0 Å². The number of benzene rings is 3. The summed E-state index contributed by atoms with van der Waals surface area (Å²) in [6, 6.07) is 17.9. The summed E-state index contributed by atoms with van der Waals surface area (Å²) in [5.74, 6) is 0.751. The van der Waals surface area contributed by atoms with E-state index in [2.05, 4.69) is 15.8 Å². The largest absolute Gasteiger partial charge is 0.497 e. The molecule has 1 aliphatic heterocycles. The number of hydrogen-bond donors (Lipinski definition) is 2. The van der Waals surface area contributed by atoms with Crippen LogP contribution < -0.4 is 35.5 Å². The second-order valence-electron chi connectivity index (χ2n) is 8.43. The summed E-state index contributed by atoms with van der Waals surface area (Å²) in [7, 11) is 4.52. The summed E-state index contributed by atoms with van der Waals surface area (Å²) in [6.45, 7) is 0. The highest BCUT2D eigenvalue weighted by molar-refractivity contribution is 6.22. The van der Waals surface area contributed by atoms with E-state index in [-0.39, 0.29) is 23.8 Å². The number of para-hydroxylation sites is 1. The Morgan fingerprint density at radius 3 is 2.18 bits per heavy atom. The number of methoxy groups -OCH3 is 3. The fraction of sp³-hybridized carbons (Fsp3) is 0.185. The Labute approximate surface area is 217 Å². The molecule has 2 N–H and O–H groups in total. The van der Waals surface area contributed by atoms with E-state index in [4.69, 9.17) is 14.2 Å². The molecule has 3 aromatic carbocycles. The number of fused-ring (bicyclic) bond motifs is 1. The van der Waals surface area contributed by atoms with Gasteiger partial charge in [-0.25, -0.2) is 19.9 Å². The molecule has 1 atom stereocenters. The highest BCUT2D eigenvalue weighted by Crippen LogP contribution is 2.31. The van der Waals surface area contributed by atoms with Crippen molar-refractivity contribution in [1.82, 2.24) is 15.0 Å². The number of hydrazine groups is 1. The molecule has 2 heterocycles. The Morgan fingerprint density at radius 1 is 0.842 bits per heavy atom. The number of imide groups is 1. The van der Waals surface area contributed by atoms with Crippen molar-refractivity contribution in [2.75, 3.05) is 31.7 Å². The number of nitrogens with one attached hydrogen (secondary N) is 2. The van der Waals surface area contributed by atoms with Crippen LogP contribution in [-0.4, -0.2) is 48.7 Å². The number of hydrogen-bond acceptors (Lipinski definition) is 9. The number of anilines is 2. The van der Waals surface area contributed by atoms with Crippen LogP contribution in [0.5, 0.6) is 17.2 Å². The van der Waals surface area contributed by atoms with Crippen molar-refractivity contribution in [2.45, 2.75) is 12.5 Å². The molecule has 11 nitrogen and oxygen atoms in total.